The highest BCUT2D eigenvalue weighted by molar-refractivity contribution is 7.13. The molecule has 0 bridgehead atoms. The molecule has 2 aliphatic heterocycles. The molecule has 1 N–H and O–H groups in total. The van der Waals surface area contributed by atoms with Crippen molar-refractivity contribution < 1.29 is 28.7 Å². The Bertz CT molecular complexity index is 1000. The second kappa shape index (κ2) is 12.5. The minimum absolute atomic E-state index is 0.0733. The molecular formula is C30H47N2O6P. The van der Waals surface area contributed by atoms with Crippen LogP contribution in [0, 0.1) is 34.5 Å². The molecule has 8 nitrogen and oxygen atoms in total. The molecule has 0 aromatic heterocycles. The van der Waals surface area contributed by atoms with Gasteiger partial charge in [0.05, 0.1) is 24.3 Å². The molecule has 4 rings (SSSR count). The van der Waals surface area contributed by atoms with Crippen LogP contribution in [0.2, 0.25) is 0 Å². The van der Waals surface area contributed by atoms with E-state index in [1.807, 2.05) is 24.6 Å². The van der Waals surface area contributed by atoms with Crippen LogP contribution in [0.3, 0.4) is 0 Å². The Kier molecular flexibility index (Phi) is 10.3. The van der Waals surface area contributed by atoms with Crippen LogP contribution >= 0.6 is 9.39 Å². The minimum Gasteiger partial charge on any atom is -0.380 e. The van der Waals surface area contributed by atoms with Gasteiger partial charge in [-0.2, -0.15) is 0 Å². The molecule has 0 aromatic carbocycles. The summed E-state index contributed by atoms with van der Waals surface area (Å²) in [6.07, 6.45) is 5.96. The molecule has 9 heteroatoms. The van der Waals surface area contributed by atoms with Crippen molar-refractivity contribution in [2.45, 2.75) is 77.7 Å². The minimum atomic E-state index is -0.477. The second-order valence-corrected chi connectivity index (χ2v) is 12.8. The summed E-state index contributed by atoms with van der Waals surface area (Å²) in [5, 5.41) is 3.22. The average Bonchev–Trinajstić information content (AvgIpc) is 3.72. The third kappa shape index (κ3) is 6.20. The summed E-state index contributed by atoms with van der Waals surface area (Å²) < 4.78 is 12.7. The zero-order valence-corrected chi connectivity index (χ0v) is 25.6. The highest BCUT2D eigenvalue weighted by Gasteiger charge is 2.59. The van der Waals surface area contributed by atoms with E-state index in [0.717, 1.165) is 19.4 Å². The van der Waals surface area contributed by atoms with Crippen molar-refractivity contribution in [2.75, 3.05) is 27.3 Å². The lowest BCUT2D eigenvalue weighted by Gasteiger charge is -2.23. The van der Waals surface area contributed by atoms with Gasteiger partial charge in [0.25, 0.3) is 0 Å². The Morgan fingerprint density at radius 2 is 1.38 bits per heavy atom. The van der Waals surface area contributed by atoms with Crippen LogP contribution in [-0.2, 0) is 28.7 Å². The van der Waals surface area contributed by atoms with Crippen molar-refractivity contribution in [1.82, 2.24) is 9.99 Å². The summed E-state index contributed by atoms with van der Waals surface area (Å²) >= 11 is 0. The van der Waals surface area contributed by atoms with Gasteiger partial charge in [-0.25, -0.2) is 0 Å². The van der Waals surface area contributed by atoms with Crippen LogP contribution in [0.5, 0.6) is 0 Å². The Hall–Kier alpha value is -1.57. The van der Waals surface area contributed by atoms with Crippen molar-refractivity contribution in [3.05, 3.63) is 25.3 Å². The van der Waals surface area contributed by atoms with Gasteiger partial charge in [-0.3, -0.25) is 23.8 Å². The number of hydrogen-bond donors (Lipinski definition) is 1. The van der Waals surface area contributed by atoms with Gasteiger partial charge in [-0.1, -0.05) is 35.4 Å². The molecule has 11 atom stereocenters. The lowest BCUT2D eigenvalue weighted by atomic mass is 9.86. The number of allylic oxidation sites excluding steroid dienone is 2. The van der Waals surface area contributed by atoms with Gasteiger partial charge in [0, 0.05) is 62.8 Å². The smallest absolute Gasteiger partial charge is 0.151 e. The highest BCUT2D eigenvalue weighted by atomic mass is 31.0. The maximum absolute atomic E-state index is 12.7. The number of methoxy groups -OCH3 is 2. The Balaban J connectivity index is 0.000000216. The van der Waals surface area contributed by atoms with Crippen molar-refractivity contribution in [1.29, 1.82) is 0 Å². The first-order chi connectivity index (χ1) is 18.3. The summed E-state index contributed by atoms with van der Waals surface area (Å²) in [6, 6.07) is -0.362. The number of nitrogens with zero attached hydrogens (tertiary/aromatic N) is 1. The Labute approximate surface area is 235 Å². The van der Waals surface area contributed by atoms with Crippen molar-refractivity contribution in [2.24, 2.45) is 34.5 Å². The van der Waals surface area contributed by atoms with Gasteiger partial charge < -0.3 is 14.8 Å². The zero-order chi connectivity index (χ0) is 29.3. The van der Waals surface area contributed by atoms with Crippen LogP contribution in [0.15, 0.2) is 25.3 Å². The molecule has 4 fully saturated rings. The largest absolute Gasteiger partial charge is 0.380 e. The molecule has 2 aliphatic carbocycles. The first-order valence-electron chi connectivity index (χ1n) is 14.0. The first-order valence-corrected chi connectivity index (χ1v) is 14.5. The van der Waals surface area contributed by atoms with E-state index in [4.69, 9.17) is 9.47 Å². The number of carbonyl (C=O) groups excluding carboxylic acids is 4. The standard InChI is InChI=1S/C15H24NO3P.C15H23NO3/c1-5-11-6-15(11,10(3)17)7-12(18)14-9(2)13(19-4)8-16(14)20;1-5-11-6-15(11,10(3)17)7-12(18)14-9(2)13(19-4)8-16-14/h5,9,11,13-14H,1,6-8,20H2,2-4H3;5,9,11,13-14,16H,1,6-8H2,2-4H3/t2*9?,11-,13+,14+,15+/m11/s1. The SMILES string of the molecule is C=C[C@@H]1C[C@]1(CC(=O)[C@@H]1C(C)[C@@H](OC)CN1P)C(C)=O.C=C[C@@H]1C[C@]1(CC(=O)[C@H]1NC[C@H](OC)C1C)C(C)=O. The number of ether oxygens (including phenoxy) is 2. The molecule has 4 aliphatic rings. The van der Waals surface area contributed by atoms with Gasteiger partial charge in [0.2, 0.25) is 0 Å². The van der Waals surface area contributed by atoms with Crippen molar-refractivity contribution in [3.8, 4) is 0 Å². The van der Waals surface area contributed by atoms with E-state index in [0.29, 0.717) is 19.4 Å². The molecule has 39 heavy (non-hydrogen) atoms. The fourth-order valence-corrected chi connectivity index (χ4v) is 7.53. The fraction of sp³-hybridized carbons (Fsp3) is 0.733. The molecule has 2 saturated heterocycles. The van der Waals surface area contributed by atoms with E-state index < -0.39 is 10.8 Å². The van der Waals surface area contributed by atoms with E-state index >= 15 is 0 Å². The van der Waals surface area contributed by atoms with Gasteiger partial charge >= 0.3 is 0 Å². The maximum atomic E-state index is 12.7. The lowest BCUT2D eigenvalue weighted by molar-refractivity contribution is -0.130. The summed E-state index contributed by atoms with van der Waals surface area (Å²) in [5.74, 6) is 1.14. The lowest BCUT2D eigenvalue weighted by Crippen LogP contribution is -2.37. The predicted octanol–water partition coefficient (Wildman–Crippen LogP) is 3.20. The number of hydrogen-bond acceptors (Lipinski definition) is 8. The highest BCUT2D eigenvalue weighted by Crippen LogP contribution is 2.58. The summed E-state index contributed by atoms with van der Waals surface area (Å²) in [6.45, 7) is 16.2. The number of ketones is 4. The van der Waals surface area contributed by atoms with Crippen molar-refractivity contribution >= 4 is 32.5 Å². The predicted molar refractivity (Wildman–Crippen MR) is 154 cm³/mol. The molecule has 2 saturated carbocycles. The van der Waals surface area contributed by atoms with Gasteiger partial charge in [0.1, 0.15) is 11.6 Å². The van der Waals surface area contributed by atoms with E-state index in [1.54, 1.807) is 34.1 Å². The zero-order valence-electron chi connectivity index (χ0n) is 24.4. The van der Waals surface area contributed by atoms with E-state index in [9.17, 15) is 19.2 Å². The molecule has 3 unspecified atom stereocenters. The molecule has 218 valence electrons. The summed E-state index contributed by atoms with van der Waals surface area (Å²) in [7, 11) is 5.97. The Morgan fingerprint density at radius 3 is 1.74 bits per heavy atom. The van der Waals surface area contributed by atoms with Crippen LogP contribution in [0.4, 0.5) is 0 Å². The third-order valence-corrected chi connectivity index (χ3v) is 10.5. The molecular weight excluding hydrogens is 515 g/mol. The maximum Gasteiger partial charge on any atom is 0.151 e. The van der Waals surface area contributed by atoms with Crippen LogP contribution in [0.25, 0.3) is 0 Å². The molecule has 0 aromatic rings. The Morgan fingerprint density at radius 1 is 0.897 bits per heavy atom. The molecule has 2 heterocycles. The molecule has 0 spiro atoms. The fourth-order valence-electron chi connectivity index (χ4n) is 6.88. The number of carbonyl (C=O) groups is 4. The number of rotatable bonds is 12. The van der Waals surface area contributed by atoms with Crippen LogP contribution in [-0.4, -0.2) is 79.4 Å². The second-order valence-electron chi connectivity index (χ2n) is 12.1. The van der Waals surface area contributed by atoms with Crippen molar-refractivity contribution in [3.63, 3.8) is 0 Å². The first kappa shape index (κ1) is 32.0. The molecule has 0 radical (unpaired) electrons. The summed E-state index contributed by atoms with van der Waals surface area (Å²) in [4.78, 5) is 48.8. The van der Waals surface area contributed by atoms with E-state index in [1.165, 1.54) is 0 Å². The monoisotopic (exact) mass is 562 g/mol. The van der Waals surface area contributed by atoms with Crippen LogP contribution in [0.1, 0.15) is 53.4 Å². The quantitative estimate of drug-likeness (QED) is 0.286. The summed E-state index contributed by atoms with van der Waals surface area (Å²) in [5.41, 5.74) is -0.944. The van der Waals surface area contributed by atoms with Gasteiger partial charge in [-0.15, -0.1) is 13.2 Å². The number of Topliss-reactive ketones (excluding diaryl/α,β-unsaturated/α-hetero) is 4. The van der Waals surface area contributed by atoms with Gasteiger partial charge in [0.15, 0.2) is 11.6 Å². The van der Waals surface area contributed by atoms with E-state index in [-0.39, 0.29) is 71.1 Å². The normalized spacial score (nSPS) is 40.8. The number of nitrogens with one attached hydrogen (secondary N) is 1. The average molecular weight is 563 g/mol. The molecule has 0 amide bonds. The van der Waals surface area contributed by atoms with Crippen LogP contribution < -0.4 is 5.32 Å². The van der Waals surface area contributed by atoms with E-state index in [2.05, 4.69) is 27.9 Å². The van der Waals surface area contributed by atoms with Gasteiger partial charge in [-0.05, 0) is 38.5 Å². The topological polar surface area (TPSA) is 102 Å². The third-order valence-electron chi connectivity index (χ3n) is 9.98.